The first-order chi connectivity index (χ1) is 12.0. The Kier molecular flexibility index (Phi) is 3.78. The van der Waals surface area contributed by atoms with Gasteiger partial charge in [0, 0.05) is 38.2 Å². The second-order valence-corrected chi connectivity index (χ2v) is 6.59. The number of anilines is 1. The van der Waals surface area contributed by atoms with E-state index in [0.29, 0.717) is 30.4 Å². The average Bonchev–Trinajstić information content (AvgIpc) is 3.31. The first-order valence-corrected chi connectivity index (χ1v) is 8.57. The second kappa shape index (κ2) is 5.98. The van der Waals surface area contributed by atoms with Gasteiger partial charge in [0.15, 0.2) is 5.82 Å². The maximum atomic E-state index is 13.0. The largest absolute Gasteiger partial charge is 0.340 e. The predicted octanol–water partition coefficient (Wildman–Crippen LogP) is 2.26. The van der Waals surface area contributed by atoms with Gasteiger partial charge in [0.1, 0.15) is 0 Å². The van der Waals surface area contributed by atoms with Crippen molar-refractivity contribution in [3.8, 4) is 0 Å². The Balaban J connectivity index is 1.60. The number of aromatic nitrogens is 2. The highest BCUT2D eigenvalue weighted by Gasteiger charge is 2.34. The lowest BCUT2D eigenvalue weighted by atomic mass is 10.1. The molecule has 7 heteroatoms. The smallest absolute Gasteiger partial charge is 0.254 e. The highest BCUT2D eigenvalue weighted by molar-refractivity contribution is 5.98. The summed E-state index contributed by atoms with van der Waals surface area (Å²) in [6.07, 6.45) is 2.55. The molecule has 1 aromatic carbocycles. The summed E-state index contributed by atoms with van der Waals surface area (Å²) < 4.78 is 5.07. The lowest BCUT2D eigenvalue weighted by Gasteiger charge is -2.22. The molecule has 0 bridgehead atoms. The third-order valence-electron chi connectivity index (χ3n) is 4.96. The Morgan fingerprint density at radius 3 is 2.84 bits per heavy atom. The maximum absolute atomic E-state index is 13.0. The van der Waals surface area contributed by atoms with Gasteiger partial charge in [0.05, 0.1) is 6.04 Å². The quantitative estimate of drug-likeness (QED) is 0.838. The molecule has 1 fully saturated rings. The number of nitrogens with zero attached hydrogens (tertiary/aromatic N) is 4. The van der Waals surface area contributed by atoms with Crippen molar-refractivity contribution in [3.05, 3.63) is 41.0 Å². The van der Waals surface area contributed by atoms with Crippen LogP contribution in [0.1, 0.15) is 53.4 Å². The number of carbonyl (C=O) groups is 2. The van der Waals surface area contributed by atoms with Gasteiger partial charge in [-0.05, 0) is 43.0 Å². The van der Waals surface area contributed by atoms with Gasteiger partial charge in [0.25, 0.3) is 5.91 Å². The number of hydrogen-bond acceptors (Lipinski definition) is 5. The van der Waals surface area contributed by atoms with Crippen LogP contribution in [-0.4, -0.2) is 39.9 Å². The highest BCUT2D eigenvalue weighted by Crippen LogP contribution is 2.33. The van der Waals surface area contributed by atoms with E-state index in [9.17, 15) is 9.59 Å². The van der Waals surface area contributed by atoms with Crippen LogP contribution in [0.2, 0.25) is 0 Å². The van der Waals surface area contributed by atoms with Gasteiger partial charge >= 0.3 is 0 Å². The predicted molar refractivity (Wildman–Crippen MR) is 90.2 cm³/mol. The Bertz CT molecular complexity index is 845. The number of likely N-dealkylation sites (tertiary alicyclic amines) is 1. The molecule has 0 N–H and O–H groups in total. The van der Waals surface area contributed by atoms with E-state index < -0.39 is 0 Å². The molecule has 4 rings (SSSR count). The zero-order chi connectivity index (χ0) is 17.6. The molecular formula is C18H20N4O3. The minimum absolute atomic E-state index is 0.0194. The molecule has 0 radical (unpaired) electrons. The van der Waals surface area contributed by atoms with Gasteiger partial charge in [-0.15, -0.1) is 0 Å². The van der Waals surface area contributed by atoms with E-state index in [1.54, 1.807) is 24.8 Å². The van der Waals surface area contributed by atoms with Gasteiger partial charge in [-0.25, -0.2) is 0 Å². The lowest BCUT2D eigenvalue weighted by molar-refractivity contribution is -0.116. The zero-order valence-electron chi connectivity index (χ0n) is 14.4. The number of hydrogen-bond donors (Lipinski definition) is 0. The fourth-order valence-corrected chi connectivity index (χ4v) is 3.76. The van der Waals surface area contributed by atoms with Crippen molar-refractivity contribution in [2.24, 2.45) is 0 Å². The van der Waals surface area contributed by atoms with Gasteiger partial charge in [0.2, 0.25) is 11.8 Å². The van der Waals surface area contributed by atoms with Crippen LogP contribution in [0.25, 0.3) is 0 Å². The summed E-state index contributed by atoms with van der Waals surface area (Å²) in [6.45, 7) is 4.68. The SMILES string of the molecule is CC(=O)N1CCc2cc(C(=O)N3CCC[C@H]3c3noc(C)n3)ccc21. The fourth-order valence-electron chi connectivity index (χ4n) is 3.76. The van der Waals surface area contributed by atoms with Gasteiger partial charge in [-0.2, -0.15) is 4.98 Å². The number of benzene rings is 1. The molecule has 2 aliphatic heterocycles. The summed E-state index contributed by atoms with van der Waals surface area (Å²) in [5.41, 5.74) is 2.61. The van der Waals surface area contributed by atoms with Crippen LogP contribution in [0.5, 0.6) is 0 Å². The van der Waals surface area contributed by atoms with E-state index in [-0.39, 0.29) is 17.9 Å². The van der Waals surface area contributed by atoms with E-state index in [2.05, 4.69) is 10.1 Å². The molecule has 1 saturated heterocycles. The van der Waals surface area contributed by atoms with Crippen molar-refractivity contribution in [3.63, 3.8) is 0 Å². The second-order valence-electron chi connectivity index (χ2n) is 6.59. The van der Waals surface area contributed by atoms with E-state index >= 15 is 0 Å². The molecular weight excluding hydrogens is 320 g/mol. The van der Waals surface area contributed by atoms with E-state index in [4.69, 9.17) is 4.52 Å². The molecule has 1 aromatic heterocycles. The monoisotopic (exact) mass is 340 g/mol. The first-order valence-electron chi connectivity index (χ1n) is 8.57. The topological polar surface area (TPSA) is 79.5 Å². The average molecular weight is 340 g/mol. The first kappa shape index (κ1) is 15.8. The van der Waals surface area contributed by atoms with Gasteiger partial charge < -0.3 is 14.3 Å². The zero-order valence-corrected chi connectivity index (χ0v) is 14.4. The maximum Gasteiger partial charge on any atom is 0.254 e. The Labute approximate surface area is 145 Å². The number of rotatable bonds is 2. The van der Waals surface area contributed by atoms with E-state index in [1.165, 1.54) is 0 Å². The van der Waals surface area contributed by atoms with Crippen LogP contribution in [0.4, 0.5) is 5.69 Å². The fraction of sp³-hybridized carbons (Fsp3) is 0.444. The summed E-state index contributed by atoms with van der Waals surface area (Å²) in [4.78, 5) is 32.5. The summed E-state index contributed by atoms with van der Waals surface area (Å²) in [5, 5.41) is 3.99. The van der Waals surface area contributed by atoms with Crippen molar-refractivity contribution >= 4 is 17.5 Å². The molecule has 0 unspecified atom stereocenters. The van der Waals surface area contributed by atoms with Gasteiger partial charge in [-0.3, -0.25) is 9.59 Å². The number of aryl methyl sites for hydroxylation is 1. The Morgan fingerprint density at radius 1 is 1.28 bits per heavy atom. The normalized spacial score (nSPS) is 19.4. The molecule has 1 atom stereocenters. The number of amides is 2. The van der Waals surface area contributed by atoms with Gasteiger partial charge in [-0.1, -0.05) is 5.16 Å². The van der Waals surface area contributed by atoms with Crippen molar-refractivity contribution in [1.29, 1.82) is 0 Å². The molecule has 2 aromatic rings. The third-order valence-corrected chi connectivity index (χ3v) is 4.96. The van der Waals surface area contributed by atoms with Crippen molar-refractivity contribution in [2.75, 3.05) is 18.0 Å². The van der Waals surface area contributed by atoms with Crippen LogP contribution < -0.4 is 4.90 Å². The Hall–Kier alpha value is -2.70. The number of carbonyl (C=O) groups excluding carboxylic acids is 2. The molecule has 0 spiro atoms. The highest BCUT2D eigenvalue weighted by atomic mass is 16.5. The molecule has 0 saturated carbocycles. The van der Waals surface area contributed by atoms with Crippen LogP contribution >= 0.6 is 0 Å². The standard InChI is InChI=1S/C18H20N4O3/c1-11-19-17(20-25-11)16-4-3-8-22(16)18(24)14-5-6-15-13(10-14)7-9-21(15)12(2)23/h5-6,10,16H,3-4,7-9H2,1-2H3/t16-/m0/s1. The van der Waals surface area contributed by atoms with Crippen LogP contribution in [0.15, 0.2) is 22.7 Å². The molecule has 25 heavy (non-hydrogen) atoms. The molecule has 130 valence electrons. The summed E-state index contributed by atoms with van der Waals surface area (Å²) in [6, 6.07) is 5.46. The minimum Gasteiger partial charge on any atom is -0.340 e. The molecule has 3 heterocycles. The van der Waals surface area contributed by atoms with Crippen LogP contribution in [0.3, 0.4) is 0 Å². The molecule has 2 amide bonds. The molecule has 2 aliphatic rings. The summed E-state index contributed by atoms with van der Waals surface area (Å²) in [7, 11) is 0. The van der Waals surface area contributed by atoms with Crippen molar-refractivity contribution in [1.82, 2.24) is 15.0 Å². The van der Waals surface area contributed by atoms with Crippen LogP contribution in [-0.2, 0) is 11.2 Å². The lowest BCUT2D eigenvalue weighted by Crippen LogP contribution is -2.31. The summed E-state index contributed by atoms with van der Waals surface area (Å²) in [5.74, 6) is 1.10. The minimum atomic E-state index is -0.132. The van der Waals surface area contributed by atoms with E-state index in [1.807, 2.05) is 17.0 Å². The van der Waals surface area contributed by atoms with Crippen molar-refractivity contribution in [2.45, 2.75) is 39.2 Å². The number of fused-ring (bicyclic) bond motifs is 1. The Morgan fingerprint density at radius 2 is 2.12 bits per heavy atom. The third kappa shape index (κ3) is 2.69. The van der Waals surface area contributed by atoms with Crippen LogP contribution in [0, 0.1) is 6.92 Å². The summed E-state index contributed by atoms with van der Waals surface area (Å²) >= 11 is 0. The van der Waals surface area contributed by atoms with E-state index in [0.717, 1.165) is 30.5 Å². The molecule has 7 nitrogen and oxygen atoms in total. The molecule has 0 aliphatic carbocycles. The van der Waals surface area contributed by atoms with Crippen molar-refractivity contribution < 1.29 is 14.1 Å².